The maximum absolute atomic E-state index is 12.2. The Kier molecular flexibility index (Phi) is 5.94. The van der Waals surface area contributed by atoms with Crippen molar-refractivity contribution >= 4 is 52.2 Å². The highest BCUT2D eigenvalue weighted by Gasteiger charge is 2.14. The van der Waals surface area contributed by atoms with Crippen molar-refractivity contribution in [2.24, 2.45) is 0 Å². The molecule has 1 N–H and O–H groups in total. The van der Waals surface area contributed by atoms with Gasteiger partial charge in [0.15, 0.2) is 5.16 Å². The van der Waals surface area contributed by atoms with E-state index in [0.717, 1.165) is 5.69 Å². The summed E-state index contributed by atoms with van der Waals surface area (Å²) in [6.45, 7) is 0. The number of nitrogens with zero attached hydrogens (tertiary/aromatic N) is 4. The molecule has 3 aromatic rings. The van der Waals surface area contributed by atoms with E-state index in [4.69, 9.17) is 23.2 Å². The molecule has 27 heavy (non-hydrogen) atoms. The predicted molar refractivity (Wildman–Crippen MR) is 104 cm³/mol. The zero-order valence-corrected chi connectivity index (χ0v) is 15.8. The Hall–Kier alpha value is -2.62. The Bertz CT molecular complexity index is 1010. The Morgan fingerprint density at radius 3 is 2.78 bits per heavy atom. The fourth-order valence-corrected chi connectivity index (χ4v) is 3.30. The Labute approximate surface area is 167 Å². The van der Waals surface area contributed by atoms with E-state index in [0.29, 0.717) is 15.9 Å². The number of benzene rings is 2. The lowest BCUT2D eigenvalue weighted by Crippen LogP contribution is -2.15. The number of amides is 1. The molecule has 1 amide bonds. The Morgan fingerprint density at radius 1 is 1.26 bits per heavy atom. The van der Waals surface area contributed by atoms with Crippen LogP contribution in [0.4, 0.5) is 11.4 Å². The second-order valence-corrected chi connectivity index (χ2v) is 7.01. The molecule has 1 aromatic heterocycles. The Morgan fingerprint density at radius 2 is 2.07 bits per heavy atom. The van der Waals surface area contributed by atoms with Gasteiger partial charge in [0, 0.05) is 17.2 Å². The van der Waals surface area contributed by atoms with Gasteiger partial charge in [-0.05, 0) is 24.3 Å². The number of nitro groups is 1. The van der Waals surface area contributed by atoms with E-state index in [2.05, 4.69) is 15.5 Å². The highest BCUT2D eigenvalue weighted by atomic mass is 35.5. The first kappa shape index (κ1) is 19.2. The number of hydrogen-bond donors (Lipinski definition) is 1. The van der Waals surface area contributed by atoms with Crippen LogP contribution in [0.1, 0.15) is 0 Å². The van der Waals surface area contributed by atoms with Gasteiger partial charge in [-0.25, -0.2) is 0 Å². The van der Waals surface area contributed by atoms with E-state index in [1.807, 2.05) is 6.07 Å². The summed E-state index contributed by atoms with van der Waals surface area (Å²) in [5, 5.41) is 22.4. The minimum Gasteiger partial charge on any atom is -0.324 e. The third-order valence-electron chi connectivity index (χ3n) is 3.37. The van der Waals surface area contributed by atoms with Crippen molar-refractivity contribution in [1.29, 1.82) is 0 Å². The summed E-state index contributed by atoms with van der Waals surface area (Å²) in [7, 11) is 0. The fourth-order valence-electron chi connectivity index (χ4n) is 2.16. The molecule has 8 nitrogen and oxygen atoms in total. The van der Waals surface area contributed by atoms with Crippen LogP contribution in [0.3, 0.4) is 0 Å². The lowest BCUT2D eigenvalue weighted by molar-refractivity contribution is -0.384. The molecule has 0 aliphatic carbocycles. The SMILES string of the molecule is O=C(CSc1nncn1-c1cccc(Cl)c1)Nc1ccc([N+](=O)[O-])cc1Cl. The number of halogens is 2. The smallest absolute Gasteiger partial charge is 0.271 e. The number of nitrogens with one attached hydrogen (secondary N) is 1. The minimum atomic E-state index is -0.560. The van der Waals surface area contributed by atoms with Gasteiger partial charge in [0.2, 0.25) is 5.91 Å². The van der Waals surface area contributed by atoms with Crippen molar-refractivity contribution in [2.75, 3.05) is 11.1 Å². The fraction of sp³-hybridized carbons (Fsp3) is 0.0625. The molecule has 2 aromatic carbocycles. The van der Waals surface area contributed by atoms with Crippen LogP contribution in [0.2, 0.25) is 10.0 Å². The van der Waals surface area contributed by atoms with Gasteiger partial charge in [0.05, 0.1) is 27.1 Å². The summed E-state index contributed by atoms with van der Waals surface area (Å²) in [5.74, 6) is -0.288. The first-order valence-corrected chi connectivity index (χ1v) is 9.21. The molecule has 0 aliphatic rings. The molecule has 11 heteroatoms. The Balaban J connectivity index is 1.65. The highest BCUT2D eigenvalue weighted by molar-refractivity contribution is 7.99. The summed E-state index contributed by atoms with van der Waals surface area (Å²) < 4.78 is 1.71. The van der Waals surface area contributed by atoms with Crippen molar-refractivity contribution in [3.63, 3.8) is 0 Å². The number of aromatic nitrogens is 3. The monoisotopic (exact) mass is 423 g/mol. The van der Waals surface area contributed by atoms with E-state index >= 15 is 0 Å². The van der Waals surface area contributed by atoms with Crippen LogP contribution >= 0.6 is 35.0 Å². The normalized spacial score (nSPS) is 10.6. The summed E-state index contributed by atoms with van der Waals surface area (Å²) >= 11 is 13.1. The molecule has 0 atom stereocenters. The number of hydrogen-bond acceptors (Lipinski definition) is 6. The van der Waals surface area contributed by atoms with Crippen LogP contribution in [0.25, 0.3) is 5.69 Å². The predicted octanol–water partition coefficient (Wildman–Crippen LogP) is 4.21. The first-order valence-electron chi connectivity index (χ1n) is 7.46. The van der Waals surface area contributed by atoms with E-state index in [-0.39, 0.29) is 22.4 Å². The molecule has 0 bridgehead atoms. The van der Waals surface area contributed by atoms with Crippen LogP contribution in [-0.4, -0.2) is 31.3 Å². The van der Waals surface area contributed by atoms with Crippen molar-refractivity contribution in [2.45, 2.75) is 5.16 Å². The van der Waals surface area contributed by atoms with Gasteiger partial charge >= 0.3 is 0 Å². The molecule has 0 saturated heterocycles. The maximum Gasteiger partial charge on any atom is 0.271 e. The van der Waals surface area contributed by atoms with Gasteiger partial charge in [-0.1, -0.05) is 41.0 Å². The van der Waals surface area contributed by atoms with E-state index < -0.39 is 4.92 Å². The average molecular weight is 424 g/mol. The van der Waals surface area contributed by atoms with Gasteiger partial charge in [-0.2, -0.15) is 0 Å². The molecule has 0 aliphatic heterocycles. The van der Waals surface area contributed by atoms with Crippen LogP contribution in [0.15, 0.2) is 53.9 Å². The van der Waals surface area contributed by atoms with Crippen LogP contribution in [-0.2, 0) is 4.79 Å². The number of nitro benzene ring substituents is 1. The molecule has 0 saturated carbocycles. The van der Waals surface area contributed by atoms with Crippen molar-refractivity contribution in [3.8, 4) is 5.69 Å². The molecular formula is C16H11Cl2N5O3S. The maximum atomic E-state index is 12.2. The van der Waals surface area contributed by atoms with Crippen LogP contribution in [0.5, 0.6) is 0 Å². The quantitative estimate of drug-likeness (QED) is 0.361. The second-order valence-electron chi connectivity index (χ2n) is 5.22. The average Bonchev–Trinajstić information content (AvgIpc) is 3.10. The minimum absolute atomic E-state index is 0.0482. The number of carbonyl (C=O) groups excluding carboxylic acids is 1. The zero-order valence-electron chi connectivity index (χ0n) is 13.5. The highest BCUT2D eigenvalue weighted by Crippen LogP contribution is 2.27. The van der Waals surface area contributed by atoms with Gasteiger partial charge in [-0.3, -0.25) is 19.5 Å². The molecular weight excluding hydrogens is 413 g/mol. The largest absolute Gasteiger partial charge is 0.324 e. The molecule has 0 fully saturated rings. The second kappa shape index (κ2) is 8.38. The molecule has 0 spiro atoms. The number of thioether (sulfide) groups is 1. The van der Waals surface area contributed by atoms with Gasteiger partial charge in [0.25, 0.3) is 5.69 Å². The van der Waals surface area contributed by atoms with E-state index in [1.165, 1.54) is 36.3 Å². The standard InChI is InChI=1S/C16H11Cl2N5O3S/c17-10-2-1-3-11(6-10)22-9-19-21-16(22)27-8-15(24)20-14-5-4-12(23(25)26)7-13(14)18/h1-7,9H,8H2,(H,20,24). The lowest BCUT2D eigenvalue weighted by atomic mass is 10.3. The third kappa shape index (κ3) is 4.76. The van der Waals surface area contributed by atoms with Crippen LogP contribution in [0, 0.1) is 10.1 Å². The van der Waals surface area contributed by atoms with Crippen molar-refractivity contribution in [1.82, 2.24) is 14.8 Å². The number of carbonyl (C=O) groups is 1. The zero-order chi connectivity index (χ0) is 19.4. The lowest BCUT2D eigenvalue weighted by Gasteiger charge is -2.08. The first-order chi connectivity index (χ1) is 12.9. The molecule has 3 rings (SSSR count). The third-order valence-corrected chi connectivity index (χ3v) is 4.86. The topological polar surface area (TPSA) is 103 Å². The number of non-ortho nitro benzene ring substituents is 1. The van der Waals surface area contributed by atoms with Crippen LogP contribution < -0.4 is 5.32 Å². The summed E-state index contributed by atoms with van der Waals surface area (Å²) in [5.41, 5.74) is 0.917. The van der Waals surface area contributed by atoms with Gasteiger partial charge in [0.1, 0.15) is 6.33 Å². The number of anilines is 1. The van der Waals surface area contributed by atoms with Crippen molar-refractivity contribution in [3.05, 3.63) is 69.0 Å². The van der Waals surface area contributed by atoms with Gasteiger partial charge in [-0.15, -0.1) is 10.2 Å². The van der Waals surface area contributed by atoms with E-state index in [1.54, 1.807) is 22.8 Å². The summed E-state index contributed by atoms with van der Waals surface area (Å²) in [6, 6.07) is 11.0. The van der Waals surface area contributed by atoms with Gasteiger partial charge < -0.3 is 5.32 Å². The molecule has 0 radical (unpaired) electrons. The van der Waals surface area contributed by atoms with E-state index in [9.17, 15) is 14.9 Å². The molecule has 138 valence electrons. The summed E-state index contributed by atoms with van der Waals surface area (Å²) in [6.07, 6.45) is 1.53. The number of rotatable bonds is 6. The van der Waals surface area contributed by atoms with Crippen molar-refractivity contribution < 1.29 is 9.72 Å². The summed E-state index contributed by atoms with van der Waals surface area (Å²) in [4.78, 5) is 22.3. The molecule has 0 unspecified atom stereocenters. The molecule has 1 heterocycles.